The maximum atomic E-state index is 12.4. The van der Waals surface area contributed by atoms with Crippen LogP contribution in [0.1, 0.15) is 17.3 Å². The quantitative estimate of drug-likeness (QED) is 0.513. The first-order chi connectivity index (χ1) is 14.4. The van der Waals surface area contributed by atoms with Crippen molar-refractivity contribution in [2.75, 3.05) is 18.2 Å². The van der Waals surface area contributed by atoms with Crippen molar-refractivity contribution in [3.63, 3.8) is 0 Å². The number of carbonyl (C=O) groups is 2. The van der Waals surface area contributed by atoms with Gasteiger partial charge in [0.2, 0.25) is 5.91 Å². The van der Waals surface area contributed by atoms with Crippen LogP contribution >= 0.6 is 23.4 Å². The van der Waals surface area contributed by atoms with E-state index < -0.39 is 5.91 Å². The lowest BCUT2D eigenvalue weighted by Gasteiger charge is -2.11. The highest BCUT2D eigenvalue weighted by atomic mass is 35.5. The molecule has 0 unspecified atom stereocenters. The molecular formula is C20H20ClN5O3S. The van der Waals surface area contributed by atoms with Crippen LogP contribution in [0.2, 0.25) is 5.02 Å². The molecule has 2 amide bonds. The van der Waals surface area contributed by atoms with E-state index in [2.05, 4.69) is 15.5 Å². The zero-order valence-corrected chi connectivity index (χ0v) is 18.0. The number of ether oxygens (including phenoxy) is 1. The lowest BCUT2D eigenvalue weighted by Crippen LogP contribution is -2.19. The number of benzene rings is 2. The Bertz CT molecular complexity index is 1090. The smallest absolute Gasteiger partial charge is 0.250 e. The number of hydrogen-bond donors (Lipinski definition) is 2. The average Bonchev–Trinajstić information content (AvgIpc) is 3.15. The number of nitrogens with zero attached hydrogens (tertiary/aromatic N) is 3. The molecule has 10 heteroatoms. The van der Waals surface area contributed by atoms with Crippen molar-refractivity contribution < 1.29 is 14.3 Å². The third kappa shape index (κ3) is 4.74. The van der Waals surface area contributed by atoms with Gasteiger partial charge in [-0.05, 0) is 37.3 Å². The van der Waals surface area contributed by atoms with E-state index in [0.29, 0.717) is 39.5 Å². The third-order valence-electron chi connectivity index (χ3n) is 4.23. The molecule has 1 heterocycles. The number of primary amides is 1. The van der Waals surface area contributed by atoms with Crippen molar-refractivity contribution in [3.05, 3.63) is 53.1 Å². The van der Waals surface area contributed by atoms with Crippen molar-refractivity contribution >= 4 is 40.9 Å². The van der Waals surface area contributed by atoms with Crippen LogP contribution in [0.4, 0.5) is 5.69 Å². The van der Waals surface area contributed by atoms with Gasteiger partial charge in [-0.15, -0.1) is 10.2 Å². The Morgan fingerprint density at radius 1 is 1.23 bits per heavy atom. The minimum absolute atomic E-state index is 0.0813. The molecule has 3 aromatic rings. The molecule has 3 rings (SSSR count). The maximum Gasteiger partial charge on any atom is 0.250 e. The molecule has 30 heavy (non-hydrogen) atoms. The molecule has 0 fully saturated rings. The molecule has 0 aliphatic carbocycles. The molecule has 0 atom stereocenters. The monoisotopic (exact) mass is 445 g/mol. The van der Waals surface area contributed by atoms with Crippen molar-refractivity contribution in [2.45, 2.75) is 18.6 Å². The second-order valence-electron chi connectivity index (χ2n) is 6.14. The number of rotatable bonds is 8. The van der Waals surface area contributed by atoms with E-state index in [1.165, 1.54) is 11.8 Å². The van der Waals surface area contributed by atoms with Gasteiger partial charge in [-0.1, -0.05) is 35.5 Å². The first-order valence-corrected chi connectivity index (χ1v) is 10.4. The zero-order valence-electron chi connectivity index (χ0n) is 16.4. The van der Waals surface area contributed by atoms with E-state index in [-0.39, 0.29) is 17.2 Å². The van der Waals surface area contributed by atoms with Crippen LogP contribution < -0.4 is 15.8 Å². The summed E-state index contributed by atoms with van der Waals surface area (Å²) in [5, 5.41) is 12.3. The SMILES string of the molecule is CCn1c(SCC(=O)Nc2ccccc2C(N)=O)nnc1-c1cc(Cl)ccc1OC. The van der Waals surface area contributed by atoms with Gasteiger partial charge in [0.15, 0.2) is 11.0 Å². The highest BCUT2D eigenvalue weighted by Gasteiger charge is 2.18. The lowest BCUT2D eigenvalue weighted by atomic mass is 10.1. The second-order valence-corrected chi connectivity index (χ2v) is 7.52. The fourth-order valence-corrected chi connectivity index (χ4v) is 3.83. The third-order valence-corrected chi connectivity index (χ3v) is 5.44. The summed E-state index contributed by atoms with van der Waals surface area (Å²) in [4.78, 5) is 23.9. The van der Waals surface area contributed by atoms with Gasteiger partial charge < -0.3 is 20.4 Å². The molecule has 0 radical (unpaired) electrons. The number of hydrogen-bond acceptors (Lipinski definition) is 6. The van der Waals surface area contributed by atoms with Crippen molar-refractivity contribution in [1.82, 2.24) is 14.8 Å². The molecule has 3 N–H and O–H groups in total. The molecular weight excluding hydrogens is 426 g/mol. The van der Waals surface area contributed by atoms with Crippen LogP contribution in [-0.2, 0) is 11.3 Å². The number of nitrogens with two attached hydrogens (primary N) is 1. The number of nitrogens with one attached hydrogen (secondary N) is 1. The Labute approximate surface area is 182 Å². The van der Waals surface area contributed by atoms with Crippen LogP contribution in [-0.4, -0.2) is 39.4 Å². The topological polar surface area (TPSA) is 112 Å². The molecule has 0 bridgehead atoms. The Morgan fingerprint density at radius 3 is 2.70 bits per heavy atom. The standard InChI is InChI=1S/C20H20ClN5O3S/c1-3-26-19(14-10-12(21)8-9-16(14)29-2)24-25-20(26)30-11-17(27)23-15-7-5-4-6-13(15)18(22)28/h4-10H,3,11H2,1-2H3,(H2,22,28)(H,23,27). The molecule has 0 spiro atoms. The van der Waals surface area contributed by atoms with E-state index in [0.717, 1.165) is 0 Å². The van der Waals surface area contributed by atoms with E-state index in [9.17, 15) is 9.59 Å². The van der Waals surface area contributed by atoms with Crippen LogP contribution in [0, 0.1) is 0 Å². The Morgan fingerprint density at radius 2 is 2.00 bits per heavy atom. The number of amides is 2. The van der Waals surface area contributed by atoms with Crippen LogP contribution in [0.5, 0.6) is 5.75 Å². The van der Waals surface area contributed by atoms with Crippen LogP contribution in [0.15, 0.2) is 47.6 Å². The highest BCUT2D eigenvalue weighted by molar-refractivity contribution is 7.99. The van der Waals surface area contributed by atoms with E-state index >= 15 is 0 Å². The number of thioether (sulfide) groups is 1. The number of anilines is 1. The molecule has 0 aliphatic heterocycles. The van der Waals surface area contributed by atoms with Crippen molar-refractivity contribution in [1.29, 1.82) is 0 Å². The zero-order chi connectivity index (χ0) is 21.7. The lowest BCUT2D eigenvalue weighted by molar-refractivity contribution is -0.113. The predicted octanol–water partition coefficient (Wildman–Crippen LogP) is 3.46. The molecule has 0 saturated carbocycles. The molecule has 8 nitrogen and oxygen atoms in total. The van der Waals surface area contributed by atoms with E-state index in [4.69, 9.17) is 22.1 Å². The summed E-state index contributed by atoms with van der Waals surface area (Å²) >= 11 is 7.37. The van der Waals surface area contributed by atoms with Crippen LogP contribution in [0.3, 0.4) is 0 Å². The van der Waals surface area contributed by atoms with Gasteiger partial charge in [0, 0.05) is 11.6 Å². The average molecular weight is 446 g/mol. The second kappa shape index (κ2) is 9.64. The predicted molar refractivity (Wildman–Crippen MR) is 117 cm³/mol. The van der Waals surface area contributed by atoms with Gasteiger partial charge in [0.05, 0.1) is 29.7 Å². The highest BCUT2D eigenvalue weighted by Crippen LogP contribution is 2.33. The largest absolute Gasteiger partial charge is 0.496 e. The normalized spacial score (nSPS) is 10.6. The summed E-state index contributed by atoms with van der Waals surface area (Å²) in [5.41, 5.74) is 6.69. The maximum absolute atomic E-state index is 12.4. The minimum Gasteiger partial charge on any atom is -0.496 e. The van der Waals surface area contributed by atoms with Gasteiger partial charge in [0.1, 0.15) is 5.75 Å². The summed E-state index contributed by atoms with van der Waals surface area (Å²) < 4.78 is 7.29. The number of aromatic nitrogens is 3. The van der Waals surface area contributed by atoms with Gasteiger partial charge in [-0.25, -0.2) is 0 Å². The number of methoxy groups -OCH3 is 1. The van der Waals surface area contributed by atoms with Gasteiger partial charge in [-0.2, -0.15) is 0 Å². The summed E-state index contributed by atoms with van der Waals surface area (Å²) in [7, 11) is 1.57. The molecule has 156 valence electrons. The fraction of sp³-hybridized carbons (Fsp3) is 0.200. The molecule has 0 aliphatic rings. The molecule has 0 saturated heterocycles. The number of carbonyl (C=O) groups excluding carboxylic acids is 2. The molecule has 2 aromatic carbocycles. The Balaban J connectivity index is 1.77. The van der Waals surface area contributed by atoms with Crippen LogP contribution in [0.25, 0.3) is 11.4 Å². The Kier molecular flexibility index (Phi) is 6.96. The van der Waals surface area contributed by atoms with Crippen molar-refractivity contribution in [3.8, 4) is 17.1 Å². The summed E-state index contributed by atoms with van der Waals surface area (Å²) in [6, 6.07) is 11.8. The fourth-order valence-electron chi connectivity index (χ4n) is 2.86. The van der Waals surface area contributed by atoms with E-state index in [1.807, 2.05) is 11.5 Å². The molecule has 1 aromatic heterocycles. The van der Waals surface area contributed by atoms with Gasteiger partial charge in [0.25, 0.3) is 5.91 Å². The van der Waals surface area contributed by atoms with Gasteiger partial charge in [-0.3, -0.25) is 9.59 Å². The summed E-state index contributed by atoms with van der Waals surface area (Å²) in [6.07, 6.45) is 0. The number of halogens is 1. The van der Waals surface area contributed by atoms with E-state index in [1.54, 1.807) is 49.6 Å². The minimum atomic E-state index is -0.607. The first-order valence-electron chi connectivity index (χ1n) is 9.03. The first kappa shape index (κ1) is 21.7. The summed E-state index contributed by atoms with van der Waals surface area (Å²) in [6.45, 7) is 2.55. The Hall–Kier alpha value is -3.04. The number of para-hydroxylation sites is 1. The summed E-state index contributed by atoms with van der Waals surface area (Å²) in [5.74, 6) is 0.404. The van der Waals surface area contributed by atoms with Gasteiger partial charge >= 0.3 is 0 Å². The van der Waals surface area contributed by atoms with Crippen molar-refractivity contribution in [2.24, 2.45) is 5.73 Å².